The van der Waals surface area contributed by atoms with Gasteiger partial charge in [0.25, 0.3) is 5.91 Å². The molecule has 0 atom stereocenters. The second-order valence-electron chi connectivity index (χ2n) is 4.90. The van der Waals surface area contributed by atoms with Gasteiger partial charge in [-0.3, -0.25) is 9.59 Å². The van der Waals surface area contributed by atoms with Gasteiger partial charge in [-0.15, -0.1) is 0 Å². The van der Waals surface area contributed by atoms with Gasteiger partial charge in [-0.1, -0.05) is 6.07 Å². The van der Waals surface area contributed by atoms with Crippen molar-refractivity contribution in [2.24, 2.45) is 5.73 Å². The quantitative estimate of drug-likeness (QED) is 0.764. The van der Waals surface area contributed by atoms with Crippen LogP contribution in [-0.4, -0.2) is 39.9 Å². The summed E-state index contributed by atoms with van der Waals surface area (Å²) in [4.78, 5) is 34.9. The first-order chi connectivity index (χ1) is 9.94. The molecule has 0 aliphatic carbocycles. The zero-order valence-electron chi connectivity index (χ0n) is 11.3. The van der Waals surface area contributed by atoms with E-state index >= 15 is 0 Å². The molecule has 1 heterocycles. The topological polar surface area (TPSA) is 109 Å². The van der Waals surface area contributed by atoms with E-state index in [1.54, 1.807) is 17.8 Å². The third kappa shape index (κ3) is 3.36. The molecule has 0 saturated carbocycles. The molecular weight excluding hydrogens is 292 g/mol. The molecular formula is C14H16N2O4S. The molecule has 6 nitrogen and oxygen atoms in total. The van der Waals surface area contributed by atoms with Gasteiger partial charge in [-0.2, -0.15) is 11.8 Å². The first-order valence-corrected chi connectivity index (χ1v) is 7.64. The maximum Gasteiger partial charge on any atom is 0.329 e. The highest BCUT2D eigenvalue weighted by molar-refractivity contribution is 7.99. The minimum Gasteiger partial charge on any atom is -0.480 e. The molecule has 1 aromatic rings. The monoisotopic (exact) mass is 308 g/mol. The number of carbonyl (C=O) groups excluding carboxylic acids is 2. The van der Waals surface area contributed by atoms with Crippen molar-refractivity contribution >= 4 is 29.5 Å². The molecule has 0 radical (unpaired) electrons. The van der Waals surface area contributed by atoms with E-state index in [2.05, 4.69) is 5.32 Å². The molecule has 1 aliphatic rings. The Morgan fingerprint density at radius 1 is 1.19 bits per heavy atom. The van der Waals surface area contributed by atoms with Crippen LogP contribution in [0.1, 0.15) is 33.6 Å². The summed E-state index contributed by atoms with van der Waals surface area (Å²) in [6.45, 7) is 0. The normalized spacial score (nSPS) is 17.0. The number of primary amides is 1. The van der Waals surface area contributed by atoms with Crippen molar-refractivity contribution in [3.8, 4) is 0 Å². The van der Waals surface area contributed by atoms with Crippen molar-refractivity contribution in [2.45, 2.75) is 18.4 Å². The Bertz CT molecular complexity index is 582. The molecule has 1 saturated heterocycles. The molecule has 0 bridgehead atoms. The van der Waals surface area contributed by atoms with Crippen LogP contribution in [0, 0.1) is 0 Å². The maximum atomic E-state index is 12.3. The lowest BCUT2D eigenvalue weighted by Crippen LogP contribution is -2.56. The third-order valence-corrected chi connectivity index (χ3v) is 4.50. The second-order valence-corrected chi connectivity index (χ2v) is 6.12. The van der Waals surface area contributed by atoms with Crippen LogP contribution >= 0.6 is 11.8 Å². The van der Waals surface area contributed by atoms with Crippen molar-refractivity contribution in [2.75, 3.05) is 11.5 Å². The van der Waals surface area contributed by atoms with Crippen molar-refractivity contribution < 1.29 is 19.5 Å². The highest BCUT2D eigenvalue weighted by atomic mass is 32.2. The highest BCUT2D eigenvalue weighted by Crippen LogP contribution is 2.27. The van der Waals surface area contributed by atoms with E-state index in [-0.39, 0.29) is 11.1 Å². The lowest BCUT2D eigenvalue weighted by atomic mass is 9.91. The van der Waals surface area contributed by atoms with Crippen molar-refractivity contribution in [1.82, 2.24) is 5.32 Å². The standard InChI is InChI=1S/C14H16N2O4S/c15-11(17)9-2-1-3-10(8-9)12(18)16-14(13(19)20)4-6-21-7-5-14/h1-3,8H,4-7H2,(H2,15,17)(H,16,18)(H,19,20). The summed E-state index contributed by atoms with van der Waals surface area (Å²) in [6, 6.07) is 5.93. The van der Waals surface area contributed by atoms with Crippen LogP contribution in [0.4, 0.5) is 0 Å². The Morgan fingerprint density at radius 2 is 1.81 bits per heavy atom. The maximum absolute atomic E-state index is 12.3. The van der Waals surface area contributed by atoms with Crippen LogP contribution in [0.25, 0.3) is 0 Å². The Balaban J connectivity index is 2.21. The van der Waals surface area contributed by atoms with Crippen molar-refractivity contribution in [3.63, 3.8) is 0 Å². The average Bonchev–Trinajstić information content (AvgIpc) is 2.48. The molecule has 1 fully saturated rings. The zero-order valence-corrected chi connectivity index (χ0v) is 12.1. The van der Waals surface area contributed by atoms with Crippen LogP contribution in [0.15, 0.2) is 24.3 Å². The van der Waals surface area contributed by atoms with Gasteiger partial charge < -0.3 is 16.2 Å². The average molecular weight is 308 g/mol. The van der Waals surface area contributed by atoms with E-state index in [9.17, 15) is 19.5 Å². The van der Waals surface area contributed by atoms with Gasteiger partial charge in [0.15, 0.2) is 0 Å². The molecule has 0 spiro atoms. The number of carboxylic acid groups (broad SMARTS) is 1. The Labute approximate surface area is 126 Å². The van der Waals surface area contributed by atoms with E-state index < -0.39 is 23.3 Å². The summed E-state index contributed by atoms with van der Waals surface area (Å²) < 4.78 is 0. The number of rotatable bonds is 4. The van der Waals surface area contributed by atoms with Crippen LogP contribution in [0.5, 0.6) is 0 Å². The number of benzene rings is 1. The molecule has 21 heavy (non-hydrogen) atoms. The van der Waals surface area contributed by atoms with Crippen molar-refractivity contribution in [3.05, 3.63) is 35.4 Å². The number of nitrogens with one attached hydrogen (secondary N) is 1. The number of aliphatic carboxylic acids is 1. The van der Waals surface area contributed by atoms with Crippen LogP contribution < -0.4 is 11.1 Å². The fraction of sp³-hybridized carbons (Fsp3) is 0.357. The summed E-state index contributed by atoms with van der Waals surface area (Å²) >= 11 is 1.67. The highest BCUT2D eigenvalue weighted by Gasteiger charge is 2.41. The van der Waals surface area contributed by atoms with E-state index in [1.165, 1.54) is 18.2 Å². The van der Waals surface area contributed by atoms with Gasteiger partial charge in [0.05, 0.1) is 0 Å². The number of carbonyl (C=O) groups is 3. The van der Waals surface area contributed by atoms with Crippen molar-refractivity contribution in [1.29, 1.82) is 0 Å². The molecule has 2 amide bonds. The third-order valence-electron chi connectivity index (χ3n) is 3.52. The largest absolute Gasteiger partial charge is 0.480 e. The van der Waals surface area contributed by atoms with Gasteiger partial charge in [-0.05, 0) is 42.5 Å². The number of amides is 2. The summed E-state index contributed by atoms with van der Waals surface area (Å²) in [5.74, 6) is -0.789. The minimum atomic E-state index is -1.23. The number of hydrogen-bond acceptors (Lipinski definition) is 4. The van der Waals surface area contributed by atoms with E-state index in [1.807, 2.05) is 0 Å². The Morgan fingerprint density at radius 3 is 2.38 bits per heavy atom. The SMILES string of the molecule is NC(=O)c1cccc(C(=O)NC2(C(=O)O)CCSCC2)c1. The summed E-state index contributed by atoms with van der Waals surface area (Å²) in [7, 11) is 0. The predicted molar refractivity (Wildman–Crippen MR) is 79.4 cm³/mol. The summed E-state index contributed by atoms with van der Waals surface area (Å²) in [6.07, 6.45) is 0.766. The van der Waals surface area contributed by atoms with Crippen LogP contribution in [0.2, 0.25) is 0 Å². The van der Waals surface area contributed by atoms with Crippen LogP contribution in [-0.2, 0) is 4.79 Å². The van der Waals surface area contributed by atoms with E-state index in [0.29, 0.717) is 24.3 Å². The molecule has 0 unspecified atom stereocenters. The molecule has 7 heteroatoms. The van der Waals surface area contributed by atoms with Gasteiger partial charge in [-0.25, -0.2) is 4.79 Å². The molecule has 2 rings (SSSR count). The van der Waals surface area contributed by atoms with Gasteiger partial charge >= 0.3 is 5.97 Å². The van der Waals surface area contributed by atoms with Gasteiger partial charge in [0.2, 0.25) is 5.91 Å². The second kappa shape index (κ2) is 6.17. The van der Waals surface area contributed by atoms with Gasteiger partial charge in [0, 0.05) is 11.1 Å². The molecule has 1 aromatic carbocycles. The lowest BCUT2D eigenvalue weighted by Gasteiger charge is -2.33. The molecule has 0 aromatic heterocycles. The number of thioether (sulfide) groups is 1. The fourth-order valence-electron chi connectivity index (χ4n) is 2.22. The Kier molecular flexibility index (Phi) is 4.52. The summed E-state index contributed by atoms with van der Waals surface area (Å²) in [5.41, 5.74) is 4.38. The van der Waals surface area contributed by atoms with Crippen LogP contribution in [0.3, 0.4) is 0 Å². The first kappa shape index (κ1) is 15.4. The Hall–Kier alpha value is -2.02. The predicted octanol–water partition coefficient (Wildman–Crippen LogP) is 0.866. The zero-order chi connectivity index (χ0) is 15.5. The number of hydrogen-bond donors (Lipinski definition) is 3. The molecule has 4 N–H and O–H groups in total. The number of carboxylic acids is 1. The van der Waals surface area contributed by atoms with E-state index in [4.69, 9.17) is 5.73 Å². The minimum absolute atomic E-state index is 0.214. The summed E-state index contributed by atoms with van der Waals surface area (Å²) in [5, 5.41) is 12.0. The van der Waals surface area contributed by atoms with Gasteiger partial charge in [0.1, 0.15) is 5.54 Å². The molecule has 112 valence electrons. The lowest BCUT2D eigenvalue weighted by molar-refractivity contribution is -0.144. The van der Waals surface area contributed by atoms with E-state index in [0.717, 1.165) is 0 Å². The fourth-order valence-corrected chi connectivity index (χ4v) is 3.41. The first-order valence-electron chi connectivity index (χ1n) is 6.48. The number of nitrogens with two attached hydrogens (primary N) is 1. The molecule has 1 aliphatic heterocycles. The smallest absolute Gasteiger partial charge is 0.329 e.